The molecule has 2 aromatic rings. The number of hydrogen-bond acceptors (Lipinski definition) is 5. The van der Waals surface area contributed by atoms with Crippen LogP contribution in [0.4, 0.5) is 0 Å². The Morgan fingerprint density at radius 3 is 3.08 bits per heavy atom. The van der Waals surface area contributed by atoms with E-state index in [1.807, 2.05) is 0 Å². The normalized spacial score (nSPS) is 38.3. The van der Waals surface area contributed by atoms with Crippen LogP contribution in [-0.4, -0.2) is 46.5 Å². The number of aromatic nitrogens is 1. The van der Waals surface area contributed by atoms with Gasteiger partial charge in [-0.1, -0.05) is 6.37 Å². The first-order valence-electron chi connectivity index (χ1n) is 15.5. The highest BCUT2D eigenvalue weighted by atomic mass is 32.1. The number of nitrogens with one attached hydrogen (secondary N) is 1. The van der Waals surface area contributed by atoms with E-state index >= 15 is 0 Å². The van der Waals surface area contributed by atoms with Gasteiger partial charge in [-0.25, -0.2) is 0 Å². The lowest BCUT2D eigenvalue weighted by atomic mass is 10.1. The number of thiophene rings is 1. The van der Waals surface area contributed by atoms with E-state index in [0.29, 0.717) is 4.57 Å². The summed E-state index contributed by atoms with van der Waals surface area (Å²) in [7, 11) is 0. The van der Waals surface area contributed by atoms with E-state index in [1.54, 1.807) is 0 Å². The van der Waals surface area contributed by atoms with Crippen molar-refractivity contribution >= 4 is 27.5 Å². The van der Waals surface area contributed by atoms with Crippen LogP contribution in [-0.2, 0) is 0 Å². The molecule has 0 bridgehead atoms. The summed E-state index contributed by atoms with van der Waals surface area (Å²) >= 11 is 0.815. The minimum atomic E-state index is -3.69. The Labute approximate surface area is 180 Å². The summed E-state index contributed by atoms with van der Waals surface area (Å²) in [6, 6.07) is -1.36. The maximum absolute atomic E-state index is 13.3. The van der Waals surface area contributed by atoms with Crippen LogP contribution in [0.15, 0.2) is 16.2 Å². The molecule has 3 heterocycles. The van der Waals surface area contributed by atoms with E-state index in [9.17, 15) is 14.7 Å². The van der Waals surface area contributed by atoms with Gasteiger partial charge in [-0.2, -0.15) is 0 Å². The van der Waals surface area contributed by atoms with E-state index in [2.05, 4.69) is 0 Å². The molecule has 7 heteroatoms. The second-order valence-electron chi connectivity index (χ2n) is 5.22. The van der Waals surface area contributed by atoms with Crippen molar-refractivity contribution in [1.29, 1.82) is 0 Å². The standard InChI is InChI=1S/C19H27N3O3S/c1-13(2)22-18(25)15(16(23)14-7-12-26-19(14)22)17(24)20-8-6-11-21-9-4-3-5-10-21/h7,12-13,23H,3-6,8-11H2,1-2H3,(H,20,24)/i1D3,3D2,4D2,5D2,9D2,10D2,11D,13D/hD. The van der Waals surface area contributed by atoms with Crippen LogP contribution in [0.25, 0.3) is 10.2 Å². The SMILES string of the molecule is [2H]C(CCN([2H])C(=O)c1c(O)c2ccsc2n(C([2H])(C)C([2H])([2H])[2H])c1=O)N1C([2H])([2H])C([2H])([2H])C([2H])([2H])C([2H])([2H])C1([2H])[2H]. The van der Waals surface area contributed by atoms with Crippen molar-refractivity contribution in [3.63, 3.8) is 0 Å². The van der Waals surface area contributed by atoms with Crippen molar-refractivity contribution in [2.24, 2.45) is 0 Å². The van der Waals surface area contributed by atoms with Gasteiger partial charge in [-0.15, -0.1) is 11.3 Å². The Morgan fingerprint density at radius 2 is 2.35 bits per heavy atom. The number of aromatic hydroxyl groups is 1. The molecule has 6 nitrogen and oxygen atoms in total. The van der Waals surface area contributed by atoms with E-state index in [-0.39, 0.29) is 20.4 Å². The number of fused-ring (bicyclic) bond motifs is 1. The van der Waals surface area contributed by atoms with Gasteiger partial charge in [0.25, 0.3) is 11.5 Å². The Morgan fingerprint density at radius 1 is 1.58 bits per heavy atom. The molecule has 1 saturated heterocycles. The van der Waals surface area contributed by atoms with Gasteiger partial charge >= 0.3 is 0 Å². The molecule has 0 aliphatic carbocycles. The van der Waals surface area contributed by atoms with Crippen LogP contribution < -0.4 is 10.9 Å². The summed E-state index contributed by atoms with van der Waals surface area (Å²) in [5, 5.41) is 12.0. The van der Waals surface area contributed by atoms with Crippen molar-refractivity contribution in [3.8, 4) is 5.75 Å². The van der Waals surface area contributed by atoms with E-state index < -0.39 is 87.2 Å². The third kappa shape index (κ3) is 3.78. The van der Waals surface area contributed by atoms with E-state index in [4.69, 9.17) is 22.0 Å². The molecule has 142 valence electrons. The molecule has 3 rings (SSSR count). The van der Waals surface area contributed by atoms with Crippen LogP contribution in [0.2, 0.25) is 1.41 Å². The Bertz CT molecular complexity index is 1420. The van der Waals surface area contributed by atoms with E-state index in [1.165, 1.54) is 11.4 Å². The molecule has 26 heavy (non-hydrogen) atoms. The molecular weight excluding hydrogens is 350 g/mol. The summed E-state index contributed by atoms with van der Waals surface area (Å²) in [5.74, 6) is -2.43. The molecule has 0 aromatic carbocycles. The molecule has 2 aromatic heterocycles. The highest BCUT2D eigenvalue weighted by Crippen LogP contribution is 2.31. The maximum Gasteiger partial charge on any atom is 0.268 e. The fraction of sp³-hybridized carbons (Fsp3) is 0.579. The van der Waals surface area contributed by atoms with Gasteiger partial charge in [0.2, 0.25) is 0 Å². The fourth-order valence-corrected chi connectivity index (χ4v) is 3.30. The number of pyridine rings is 1. The first kappa shape index (κ1) is 7.28. The molecular formula is C19H27N3O3S. The average Bonchev–Trinajstić information content (AvgIpc) is 3.29. The highest BCUT2D eigenvalue weighted by molar-refractivity contribution is 7.16. The number of hydrogen-bond donors (Lipinski definition) is 2. The highest BCUT2D eigenvalue weighted by Gasteiger charge is 2.23. The van der Waals surface area contributed by atoms with Crippen molar-refractivity contribution in [2.75, 3.05) is 26.1 Å². The van der Waals surface area contributed by atoms with Crippen LogP contribution in [0.5, 0.6) is 5.75 Å². The Hall–Kier alpha value is -1.86. The molecule has 2 atom stereocenters. The molecule has 2 unspecified atom stereocenters. The Balaban J connectivity index is 2.00. The summed E-state index contributed by atoms with van der Waals surface area (Å²) in [5.41, 5.74) is -2.49. The van der Waals surface area contributed by atoms with Crippen LogP contribution >= 0.6 is 11.3 Å². The van der Waals surface area contributed by atoms with Gasteiger partial charge < -0.3 is 15.3 Å². The molecule has 2 N–H and O–H groups in total. The van der Waals surface area contributed by atoms with Crippen molar-refractivity contribution in [3.05, 3.63) is 27.4 Å². The Kier molecular flexibility index (Phi) is 2.30. The maximum atomic E-state index is 13.3. The molecule has 0 radical (unpaired) electrons. The molecule has 1 aliphatic heterocycles. The van der Waals surface area contributed by atoms with E-state index in [0.717, 1.165) is 18.3 Å². The predicted molar refractivity (Wildman–Crippen MR) is 105 cm³/mol. The van der Waals surface area contributed by atoms with Gasteiger partial charge in [-0.05, 0) is 63.9 Å². The zero-order valence-corrected chi connectivity index (χ0v) is 14.5. The predicted octanol–water partition coefficient (Wildman–Crippen LogP) is 2.96. The van der Waals surface area contributed by atoms with Crippen molar-refractivity contribution in [2.45, 2.75) is 45.3 Å². The zero-order chi connectivity index (χ0) is 32.8. The molecule has 1 aliphatic rings. The third-order valence-corrected chi connectivity index (χ3v) is 4.38. The van der Waals surface area contributed by atoms with Crippen molar-refractivity contribution < 1.29 is 31.9 Å². The van der Waals surface area contributed by atoms with Gasteiger partial charge in [0.1, 0.15) is 16.1 Å². The topological polar surface area (TPSA) is 74.6 Å². The second-order valence-corrected chi connectivity index (χ2v) is 6.11. The first-order chi connectivity index (χ1) is 18.6. The van der Waals surface area contributed by atoms with Crippen molar-refractivity contribution in [1.82, 2.24) is 14.8 Å². The largest absolute Gasteiger partial charge is 0.506 e. The van der Waals surface area contributed by atoms with Gasteiger partial charge in [-0.3, -0.25) is 14.2 Å². The number of rotatable bonds is 6. The average molecular weight is 394 g/mol. The lowest BCUT2D eigenvalue weighted by Crippen LogP contribution is -2.36. The smallest absolute Gasteiger partial charge is 0.268 e. The number of likely N-dealkylation sites (tertiary alicyclic amines) is 1. The summed E-state index contributed by atoms with van der Waals surface area (Å²) in [6.45, 7) is -12.5. The number of carbonyl (C=O) groups is 1. The number of carbonyl (C=O) groups excluding carboxylic acids is 1. The molecule has 0 saturated carbocycles. The molecule has 1 fully saturated rings. The molecule has 1 amide bonds. The van der Waals surface area contributed by atoms with Gasteiger partial charge in [0.15, 0.2) is 1.41 Å². The van der Waals surface area contributed by atoms with Crippen LogP contribution in [0.3, 0.4) is 0 Å². The monoisotopic (exact) mass is 393 g/mol. The lowest BCUT2D eigenvalue weighted by Gasteiger charge is -2.26. The molecule has 0 spiro atoms. The number of nitrogens with zero attached hydrogens (tertiary/aromatic N) is 2. The van der Waals surface area contributed by atoms with Gasteiger partial charge in [0, 0.05) is 31.8 Å². The van der Waals surface area contributed by atoms with Crippen LogP contribution in [0, 0.1) is 0 Å². The minimum absolute atomic E-state index is 0.0365. The zero-order valence-electron chi connectivity index (χ0n) is 29.7. The van der Waals surface area contributed by atoms with Crippen LogP contribution in [0.1, 0.15) is 76.3 Å². The minimum Gasteiger partial charge on any atom is -0.506 e. The summed E-state index contributed by atoms with van der Waals surface area (Å²) in [6.07, 6.45) is -11.9. The third-order valence-electron chi connectivity index (χ3n) is 3.48. The quantitative estimate of drug-likeness (QED) is 0.791. The van der Waals surface area contributed by atoms with Gasteiger partial charge in [0.05, 0.1) is 6.76 Å². The number of piperidine rings is 1. The summed E-state index contributed by atoms with van der Waals surface area (Å²) in [4.78, 5) is 26.3. The lowest BCUT2D eigenvalue weighted by molar-refractivity contribution is 0.0946. The fourth-order valence-electron chi connectivity index (χ4n) is 2.35. The second kappa shape index (κ2) is 8.22. The summed E-state index contributed by atoms with van der Waals surface area (Å²) < 4.78 is 129. The first-order valence-corrected chi connectivity index (χ1v) is 8.40. The number of amides is 1.